The number of aryl methyl sites for hydroxylation is 2. The van der Waals surface area contributed by atoms with E-state index in [0.29, 0.717) is 31.3 Å². The van der Waals surface area contributed by atoms with Crippen molar-refractivity contribution in [2.45, 2.75) is 109 Å². The van der Waals surface area contributed by atoms with Crippen molar-refractivity contribution in [1.29, 1.82) is 0 Å². The van der Waals surface area contributed by atoms with Gasteiger partial charge in [0.05, 0.1) is 11.9 Å². The molecule has 0 radical (unpaired) electrons. The van der Waals surface area contributed by atoms with E-state index >= 15 is 0 Å². The van der Waals surface area contributed by atoms with E-state index in [1.165, 1.54) is 33.4 Å². The van der Waals surface area contributed by atoms with E-state index in [-0.39, 0.29) is 18.3 Å². The van der Waals surface area contributed by atoms with Crippen LogP contribution in [-0.2, 0) is 21.3 Å². The zero-order valence-corrected chi connectivity index (χ0v) is 30.0. The maximum atomic E-state index is 13.9. The van der Waals surface area contributed by atoms with Crippen LogP contribution in [0.15, 0.2) is 48.5 Å². The molecule has 8 nitrogen and oxygen atoms in total. The van der Waals surface area contributed by atoms with E-state index in [1.54, 1.807) is 0 Å². The normalized spacial score (nSPS) is 31.0. The second-order valence-electron chi connectivity index (χ2n) is 15.2. The van der Waals surface area contributed by atoms with Crippen molar-refractivity contribution < 1.29 is 13.2 Å². The minimum atomic E-state index is -3.56. The number of fused-ring (bicyclic) bond motifs is 4. The summed E-state index contributed by atoms with van der Waals surface area (Å²) < 4.78 is 37.6. The third-order valence-electron chi connectivity index (χ3n) is 10.9. The first kappa shape index (κ1) is 34.7. The average molecular weight is 664 g/mol. The zero-order chi connectivity index (χ0) is 33.1. The number of ether oxygens (including phenoxy) is 1. The number of nitrogens with zero attached hydrogens (tertiary/aromatic N) is 2. The molecule has 6 atom stereocenters. The fourth-order valence-electron chi connectivity index (χ4n) is 8.36. The summed E-state index contributed by atoms with van der Waals surface area (Å²) in [6.07, 6.45) is 7.72. The Morgan fingerprint density at radius 2 is 1.77 bits per heavy atom. The molecule has 5 unspecified atom stereocenters. The van der Waals surface area contributed by atoms with Crippen molar-refractivity contribution in [2.24, 2.45) is 11.8 Å². The fourth-order valence-corrected chi connectivity index (χ4v) is 10.0. The second kappa shape index (κ2) is 15.2. The van der Waals surface area contributed by atoms with Crippen molar-refractivity contribution in [2.75, 3.05) is 33.3 Å². The molecule has 2 saturated heterocycles. The molecule has 3 aliphatic heterocycles. The SMILES string of the molecule is Cc1cccc(C)c1C1CC2NC(N1)NS(=O)(=O)C1CCCC(C1)CN(Cc1ccc(C3=CCN(C)CC3)cc1)[C@H](CC(C)C)CO2. The quantitative estimate of drug-likeness (QED) is 0.367. The van der Waals surface area contributed by atoms with Gasteiger partial charge < -0.3 is 9.64 Å². The number of nitrogens with one attached hydrogen (secondary N) is 3. The standard InChI is InChI=1S/C38H57N5O3S/c1-26(2)20-33-25-46-36-22-35(37-27(3)8-6-9-28(37)4)39-38(40-36)41-47(44,45)34-11-7-10-30(21-34)24-43(33)23-29-12-14-31(15-13-29)32-16-18-42(5)19-17-32/h6,8-9,12-16,26,30,33-36,38-41H,7,10-11,17-25H2,1-5H3/t30?,33-,34?,35?,36?,38?/m1/s1. The maximum Gasteiger partial charge on any atom is 0.216 e. The summed E-state index contributed by atoms with van der Waals surface area (Å²) in [6, 6.07) is 15.8. The molecular formula is C38H57N5O3S. The van der Waals surface area contributed by atoms with Gasteiger partial charge in [0.2, 0.25) is 10.0 Å². The third-order valence-corrected chi connectivity index (χ3v) is 12.8. The maximum absolute atomic E-state index is 13.9. The monoisotopic (exact) mass is 663 g/mol. The van der Waals surface area contributed by atoms with Crippen LogP contribution in [0.25, 0.3) is 5.57 Å². The van der Waals surface area contributed by atoms with Crippen molar-refractivity contribution in [3.8, 4) is 0 Å². The molecule has 3 N–H and O–H groups in total. The lowest BCUT2D eigenvalue weighted by Crippen LogP contribution is -2.64. The highest BCUT2D eigenvalue weighted by atomic mass is 32.2. The molecule has 3 heterocycles. The summed E-state index contributed by atoms with van der Waals surface area (Å²) in [6.45, 7) is 13.3. The lowest BCUT2D eigenvalue weighted by Gasteiger charge is -2.40. The van der Waals surface area contributed by atoms with Crippen LogP contribution in [0.4, 0.5) is 0 Å². The van der Waals surface area contributed by atoms with E-state index in [9.17, 15) is 8.42 Å². The molecule has 0 spiro atoms. The number of benzene rings is 2. The first-order valence-corrected chi connectivity index (χ1v) is 19.5. The molecule has 1 saturated carbocycles. The van der Waals surface area contributed by atoms with Crippen LogP contribution in [0.5, 0.6) is 0 Å². The first-order valence-electron chi connectivity index (χ1n) is 18.0. The summed E-state index contributed by atoms with van der Waals surface area (Å²) in [4.78, 5) is 4.98. The summed E-state index contributed by atoms with van der Waals surface area (Å²) in [5.41, 5.74) is 7.72. The van der Waals surface area contributed by atoms with Gasteiger partial charge in [0.15, 0.2) is 0 Å². The third kappa shape index (κ3) is 8.74. The predicted molar refractivity (Wildman–Crippen MR) is 191 cm³/mol. The Hall–Kier alpha value is -2.11. The molecule has 0 aromatic heterocycles. The molecule has 258 valence electrons. The Labute approximate surface area is 283 Å². The average Bonchev–Trinajstić information content (AvgIpc) is 3.03. The number of rotatable bonds is 6. The number of likely N-dealkylation sites (N-methyl/N-ethyl adjacent to an activating group) is 1. The minimum absolute atomic E-state index is 0.0303. The Morgan fingerprint density at radius 1 is 1.00 bits per heavy atom. The Kier molecular flexibility index (Phi) is 11.2. The number of hydrogen-bond donors (Lipinski definition) is 3. The molecule has 47 heavy (non-hydrogen) atoms. The first-order chi connectivity index (χ1) is 22.5. The van der Waals surface area contributed by atoms with Gasteiger partial charge in [-0.3, -0.25) is 15.5 Å². The van der Waals surface area contributed by atoms with Crippen LogP contribution in [0.1, 0.15) is 92.7 Å². The van der Waals surface area contributed by atoms with E-state index in [4.69, 9.17) is 4.74 Å². The molecule has 2 aromatic rings. The van der Waals surface area contributed by atoms with Gasteiger partial charge in [-0.2, -0.15) is 4.72 Å². The van der Waals surface area contributed by atoms with Crippen LogP contribution in [0.2, 0.25) is 0 Å². The summed E-state index contributed by atoms with van der Waals surface area (Å²) >= 11 is 0. The summed E-state index contributed by atoms with van der Waals surface area (Å²) in [5.74, 6) is 0.838. The van der Waals surface area contributed by atoms with Crippen LogP contribution >= 0.6 is 0 Å². The minimum Gasteiger partial charge on any atom is -0.362 e. The van der Waals surface area contributed by atoms with Crippen LogP contribution in [0.3, 0.4) is 0 Å². The Balaban J connectivity index is 1.28. The highest BCUT2D eigenvalue weighted by molar-refractivity contribution is 7.90. The lowest BCUT2D eigenvalue weighted by molar-refractivity contribution is -0.0483. The van der Waals surface area contributed by atoms with Gasteiger partial charge >= 0.3 is 0 Å². The Bertz CT molecular complexity index is 1470. The van der Waals surface area contributed by atoms with Gasteiger partial charge in [-0.1, -0.05) is 68.8 Å². The number of hydrogen-bond acceptors (Lipinski definition) is 7. The van der Waals surface area contributed by atoms with Crippen LogP contribution < -0.4 is 15.4 Å². The molecule has 4 aliphatic rings. The van der Waals surface area contributed by atoms with Crippen LogP contribution in [0, 0.1) is 25.7 Å². The second-order valence-corrected chi connectivity index (χ2v) is 17.1. The van der Waals surface area contributed by atoms with Gasteiger partial charge in [-0.15, -0.1) is 0 Å². The topological polar surface area (TPSA) is 85.9 Å². The molecule has 3 fully saturated rings. The molecule has 0 amide bonds. The van der Waals surface area contributed by atoms with E-state index in [2.05, 4.69) is 108 Å². The molecular weight excluding hydrogens is 607 g/mol. The van der Waals surface area contributed by atoms with E-state index < -0.39 is 21.6 Å². The van der Waals surface area contributed by atoms with Crippen molar-refractivity contribution in [3.63, 3.8) is 0 Å². The highest BCUT2D eigenvalue weighted by Gasteiger charge is 2.39. The predicted octanol–water partition coefficient (Wildman–Crippen LogP) is 5.68. The van der Waals surface area contributed by atoms with Gasteiger partial charge in [0, 0.05) is 44.7 Å². The molecule has 6 rings (SSSR count). The van der Waals surface area contributed by atoms with Gasteiger partial charge in [0.1, 0.15) is 12.5 Å². The van der Waals surface area contributed by atoms with Crippen molar-refractivity contribution >= 4 is 15.6 Å². The molecule has 1 aliphatic carbocycles. The molecule has 4 bridgehead atoms. The number of sulfonamides is 1. The Morgan fingerprint density at radius 3 is 2.47 bits per heavy atom. The van der Waals surface area contributed by atoms with E-state index in [1.807, 2.05) is 0 Å². The van der Waals surface area contributed by atoms with Crippen LogP contribution in [-0.4, -0.2) is 75.3 Å². The fraction of sp³-hybridized carbons (Fsp3) is 0.632. The molecule has 2 aromatic carbocycles. The largest absolute Gasteiger partial charge is 0.362 e. The van der Waals surface area contributed by atoms with Crippen molar-refractivity contribution in [3.05, 3.63) is 76.4 Å². The van der Waals surface area contributed by atoms with E-state index in [0.717, 1.165) is 58.3 Å². The summed E-state index contributed by atoms with van der Waals surface area (Å²) in [7, 11) is -1.38. The van der Waals surface area contributed by atoms with Gasteiger partial charge in [-0.25, -0.2) is 8.42 Å². The zero-order valence-electron chi connectivity index (χ0n) is 29.2. The summed E-state index contributed by atoms with van der Waals surface area (Å²) in [5, 5.41) is 6.69. The van der Waals surface area contributed by atoms with Crippen molar-refractivity contribution in [1.82, 2.24) is 25.2 Å². The van der Waals surface area contributed by atoms with Gasteiger partial charge in [-0.05, 0) is 98.2 Å². The smallest absolute Gasteiger partial charge is 0.216 e. The molecule has 9 heteroatoms. The van der Waals surface area contributed by atoms with Gasteiger partial charge in [0.25, 0.3) is 0 Å². The lowest BCUT2D eigenvalue weighted by atomic mass is 9.87. The highest BCUT2D eigenvalue weighted by Crippen LogP contribution is 2.33.